The predicted molar refractivity (Wildman–Crippen MR) is 55.5 cm³/mol. The molecule has 0 spiro atoms. The molecule has 0 radical (unpaired) electrons. The average molecular weight is 182 g/mol. The summed E-state index contributed by atoms with van der Waals surface area (Å²) in [5.74, 6) is 1.98. The van der Waals surface area contributed by atoms with Crippen molar-refractivity contribution in [1.29, 1.82) is 0 Å². The van der Waals surface area contributed by atoms with Crippen molar-refractivity contribution in [1.82, 2.24) is 5.32 Å². The Bertz CT molecular complexity index is 189. The van der Waals surface area contributed by atoms with Crippen LogP contribution in [0.4, 0.5) is 0 Å². The molecule has 76 valence electrons. The number of rotatable bonds is 3. The molecule has 2 fully saturated rings. The summed E-state index contributed by atoms with van der Waals surface area (Å²) in [4.78, 5) is 0. The Kier molecular flexibility index (Phi) is 2.37. The first kappa shape index (κ1) is 9.47. The van der Waals surface area contributed by atoms with Gasteiger partial charge in [0, 0.05) is 18.1 Å². The lowest BCUT2D eigenvalue weighted by Gasteiger charge is -2.33. The van der Waals surface area contributed by atoms with Gasteiger partial charge in [-0.05, 0) is 44.9 Å². The maximum Gasteiger partial charge on any atom is 0.0250 e. The summed E-state index contributed by atoms with van der Waals surface area (Å²) >= 11 is 0. The summed E-state index contributed by atoms with van der Waals surface area (Å²) in [7, 11) is 0. The van der Waals surface area contributed by atoms with Crippen LogP contribution in [-0.4, -0.2) is 18.1 Å². The third-order valence-corrected chi connectivity index (χ3v) is 3.82. The number of nitrogens with two attached hydrogens (primary N) is 1. The normalized spacial score (nSPS) is 38.5. The second-order valence-corrected chi connectivity index (χ2v) is 5.51. The molecule has 0 aromatic heterocycles. The molecule has 3 atom stereocenters. The lowest BCUT2D eigenvalue weighted by molar-refractivity contribution is 0.270. The molecule has 0 aromatic rings. The van der Waals surface area contributed by atoms with E-state index in [2.05, 4.69) is 19.2 Å². The number of hydrogen-bond donors (Lipinski definition) is 2. The van der Waals surface area contributed by atoms with E-state index in [-0.39, 0.29) is 5.54 Å². The number of nitrogens with one attached hydrogen (secondary N) is 1. The zero-order chi connectivity index (χ0) is 9.47. The summed E-state index contributed by atoms with van der Waals surface area (Å²) in [6.07, 6.45) is 5.79. The zero-order valence-electron chi connectivity index (χ0n) is 8.84. The van der Waals surface area contributed by atoms with Crippen molar-refractivity contribution in [3.8, 4) is 0 Å². The molecule has 3 unspecified atom stereocenters. The Morgan fingerprint density at radius 2 is 2.08 bits per heavy atom. The van der Waals surface area contributed by atoms with Gasteiger partial charge in [-0.2, -0.15) is 0 Å². The van der Waals surface area contributed by atoms with E-state index < -0.39 is 0 Å². The van der Waals surface area contributed by atoms with E-state index in [1.165, 1.54) is 25.7 Å². The summed E-state index contributed by atoms with van der Waals surface area (Å²) in [5.41, 5.74) is 5.85. The first-order chi connectivity index (χ1) is 6.11. The van der Waals surface area contributed by atoms with E-state index in [0.717, 1.165) is 24.4 Å². The smallest absolute Gasteiger partial charge is 0.0250 e. The fourth-order valence-electron chi connectivity index (χ4n) is 2.98. The Morgan fingerprint density at radius 1 is 1.31 bits per heavy atom. The van der Waals surface area contributed by atoms with Crippen LogP contribution in [0.15, 0.2) is 0 Å². The van der Waals surface area contributed by atoms with E-state index in [4.69, 9.17) is 5.73 Å². The Morgan fingerprint density at radius 3 is 2.54 bits per heavy atom. The molecule has 2 saturated carbocycles. The fraction of sp³-hybridized carbons (Fsp3) is 1.00. The lowest BCUT2D eigenvalue weighted by Crippen LogP contribution is -2.52. The van der Waals surface area contributed by atoms with Crippen LogP contribution in [0.5, 0.6) is 0 Å². The molecule has 2 rings (SSSR count). The summed E-state index contributed by atoms with van der Waals surface area (Å²) in [6, 6.07) is 0.761. The molecular formula is C11H22N2. The highest BCUT2D eigenvalue weighted by atomic mass is 15.0. The minimum Gasteiger partial charge on any atom is -0.329 e. The van der Waals surface area contributed by atoms with Crippen LogP contribution in [0.3, 0.4) is 0 Å². The van der Waals surface area contributed by atoms with E-state index in [1.54, 1.807) is 0 Å². The van der Waals surface area contributed by atoms with Crippen molar-refractivity contribution in [3.05, 3.63) is 0 Å². The number of hydrogen-bond acceptors (Lipinski definition) is 2. The van der Waals surface area contributed by atoms with Gasteiger partial charge in [0.15, 0.2) is 0 Å². The van der Waals surface area contributed by atoms with Gasteiger partial charge in [0.1, 0.15) is 0 Å². The topological polar surface area (TPSA) is 38.0 Å². The molecule has 0 aromatic carbocycles. The number of fused-ring (bicyclic) bond motifs is 2. The van der Waals surface area contributed by atoms with Crippen LogP contribution in [0, 0.1) is 11.8 Å². The van der Waals surface area contributed by atoms with E-state index in [0.29, 0.717) is 0 Å². The van der Waals surface area contributed by atoms with Crippen molar-refractivity contribution < 1.29 is 0 Å². The van der Waals surface area contributed by atoms with E-state index in [9.17, 15) is 0 Å². The molecule has 2 bridgehead atoms. The molecule has 0 amide bonds. The highest BCUT2D eigenvalue weighted by molar-refractivity contribution is 4.97. The van der Waals surface area contributed by atoms with Crippen LogP contribution >= 0.6 is 0 Å². The fourth-order valence-corrected chi connectivity index (χ4v) is 2.98. The second-order valence-electron chi connectivity index (χ2n) is 5.51. The van der Waals surface area contributed by atoms with Crippen molar-refractivity contribution in [2.45, 2.75) is 51.1 Å². The van der Waals surface area contributed by atoms with Crippen LogP contribution in [-0.2, 0) is 0 Å². The van der Waals surface area contributed by atoms with Gasteiger partial charge < -0.3 is 11.1 Å². The SMILES string of the molecule is CC(C)(CN)NC1CC2CCC1C2. The quantitative estimate of drug-likeness (QED) is 0.694. The minimum absolute atomic E-state index is 0.134. The summed E-state index contributed by atoms with van der Waals surface area (Å²) < 4.78 is 0. The standard InChI is InChI=1S/C11H22N2/c1-11(2,7-12)13-10-6-8-3-4-9(10)5-8/h8-10,13H,3-7,12H2,1-2H3. The largest absolute Gasteiger partial charge is 0.329 e. The molecule has 13 heavy (non-hydrogen) atoms. The Hall–Kier alpha value is -0.0800. The molecule has 3 N–H and O–H groups in total. The van der Waals surface area contributed by atoms with Crippen molar-refractivity contribution in [2.24, 2.45) is 17.6 Å². The van der Waals surface area contributed by atoms with Crippen LogP contribution in [0.1, 0.15) is 39.5 Å². The van der Waals surface area contributed by atoms with Gasteiger partial charge in [-0.15, -0.1) is 0 Å². The zero-order valence-corrected chi connectivity index (χ0v) is 8.84. The third-order valence-electron chi connectivity index (χ3n) is 3.82. The molecule has 0 saturated heterocycles. The second kappa shape index (κ2) is 3.25. The third kappa shape index (κ3) is 1.89. The van der Waals surface area contributed by atoms with Gasteiger partial charge in [0.25, 0.3) is 0 Å². The van der Waals surface area contributed by atoms with Crippen molar-refractivity contribution in [3.63, 3.8) is 0 Å². The molecule has 2 heteroatoms. The van der Waals surface area contributed by atoms with Gasteiger partial charge in [0.05, 0.1) is 0 Å². The van der Waals surface area contributed by atoms with Gasteiger partial charge in [-0.25, -0.2) is 0 Å². The summed E-state index contributed by atoms with van der Waals surface area (Å²) in [5, 5.41) is 3.71. The lowest BCUT2D eigenvalue weighted by atomic mass is 9.92. The van der Waals surface area contributed by atoms with E-state index in [1.807, 2.05) is 0 Å². The first-order valence-electron chi connectivity index (χ1n) is 5.58. The summed E-state index contributed by atoms with van der Waals surface area (Å²) in [6.45, 7) is 5.15. The molecule has 2 aliphatic rings. The monoisotopic (exact) mass is 182 g/mol. The van der Waals surface area contributed by atoms with E-state index >= 15 is 0 Å². The van der Waals surface area contributed by atoms with Gasteiger partial charge >= 0.3 is 0 Å². The van der Waals surface area contributed by atoms with Crippen LogP contribution < -0.4 is 11.1 Å². The molecular weight excluding hydrogens is 160 g/mol. The van der Waals surface area contributed by atoms with Crippen LogP contribution in [0.25, 0.3) is 0 Å². The molecule has 2 aliphatic carbocycles. The highest BCUT2D eigenvalue weighted by Gasteiger charge is 2.40. The average Bonchev–Trinajstić information content (AvgIpc) is 2.64. The molecule has 2 nitrogen and oxygen atoms in total. The maximum atomic E-state index is 5.72. The highest BCUT2D eigenvalue weighted by Crippen LogP contribution is 2.44. The predicted octanol–water partition coefficient (Wildman–Crippen LogP) is 1.50. The molecule has 0 aliphatic heterocycles. The molecule has 0 heterocycles. The van der Waals surface area contributed by atoms with Gasteiger partial charge in [-0.1, -0.05) is 6.42 Å². The maximum absolute atomic E-state index is 5.72. The van der Waals surface area contributed by atoms with Crippen molar-refractivity contribution in [2.75, 3.05) is 6.54 Å². The Labute approximate surface area is 81.3 Å². The minimum atomic E-state index is 0.134. The Balaban J connectivity index is 1.89. The van der Waals surface area contributed by atoms with Gasteiger partial charge in [-0.3, -0.25) is 0 Å². The van der Waals surface area contributed by atoms with Gasteiger partial charge in [0.2, 0.25) is 0 Å². The van der Waals surface area contributed by atoms with Crippen LogP contribution in [0.2, 0.25) is 0 Å². The first-order valence-corrected chi connectivity index (χ1v) is 5.58. The van der Waals surface area contributed by atoms with Crippen molar-refractivity contribution >= 4 is 0 Å².